The molecular formula is C14H16N2O2S. The molecule has 4 nitrogen and oxygen atoms in total. The third-order valence-electron chi connectivity index (χ3n) is 3.35. The Morgan fingerprint density at radius 1 is 1.53 bits per heavy atom. The van der Waals surface area contributed by atoms with Crippen LogP contribution in [-0.4, -0.2) is 10.9 Å². The van der Waals surface area contributed by atoms with Crippen molar-refractivity contribution in [3.8, 4) is 0 Å². The molecule has 0 saturated heterocycles. The molecular weight excluding hydrogens is 260 g/mol. The number of carbonyl (C=O) groups is 1. The Balaban J connectivity index is 1.79. The van der Waals surface area contributed by atoms with Crippen LogP contribution in [0.25, 0.3) is 0 Å². The standard InChI is InChI=1S/C14H16N2O2S/c1-8-5-6-18-12(8)13(17)16-11(10-3-4-10)14-15-7-9(2)19-14/h5-7,10-11H,3-4H2,1-2H3,(H,16,17)/t11-/m0/s1. The van der Waals surface area contributed by atoms with Crippen molar-refractivity contribution in [3.63, 3.8) is 0 Å². The number of amides is 1. The molecule has 1 atom stereocenters. The van der Waals surface area contributed by atoms with Gasteiger partial charge in [-0.05, 0) is 38.7 Å². The van der Waals surface area contributed by atoms with Crippen LogP contribution in [-0.2, 0) is 0 Å². The van der Waals surface area contributed by atoms with Crippen molar-refractivity contribution < 1.29 is 9.21 Å². The quantitative estimate of drug-likeness (QED) is 0.932. The molecule has 0 aliphatic heterocycles. The van der Waals surface area contributed by atoms with E-state index in [1.165, 1.54) is 4.88 Å². The number of rotatable bonds is 4. The molecule has 2 heterocycles. The molecule has 19 heavy (non-hydrogen) atoms. The summed E-state index contributed by atoms with van der Waals surface area (Å²) in [6.45, 7) is 3.90. The van der Waals surface area contributed by atoms with E-state index in [1.54, 1.807) is 23.7 Å². The first-order valence-corrected chi connectivity index (χ1v) is 7.24. The summed E-state index contributed by atoms with van der Waals surface area (Å²) in [5, 5.41) is 4.06. The molecule has 1 fully saturated rings. The largest absolute Gasteiger partial charge is 0.459 e. The van der Waals surface area contributed by atoms with E-state index < -0.39 is 0 Å². The highest BCUT2D eigenvalue weighted by Crippen LogP contribution is 2.42. The number of nitrogens with one attached hydrogen (secondary N) is 1. The van der Waals surface area contributed by atoms with E-state index in [0.717, 1.165) is 23.4 Å². The van der Waals surface area contributed by atoms with Crippen molar-refractivity contribution >= 4 is 17.2 Å². The van der Waals surface area contributed by atoms with Crippen LogP contribution in [0.3, 0.4) is 0 Å². The van der Waals surface area contributed by atoms with E-state index in [9.17, 15) is 4.79 Å². The Labute approximate surface area is 115 Å². The summed E-state index contributed by atoms with van der Waals surface area (Å²) in [6, 6.07) is 1.82. The highest BCUT2D eigenvalue weighted by Gasteiger charge is 2.35. The zero-order valence-electron chi connectivity index (χ0n) is 11.0. The van der Waals surface area contributed by atoms with Gasteiger partial charge in [-0.15, -0.1) is 11.3 Å². The van der Waals surface area contributed by atoms with Gasteiger partial charge in [-0.25, -0.2) is 4.98 Å². The SMILES string of the molecule is Cc1cnc([C@@H](NC(=O)c2occc2C)C2CC2)s1. The van der Waals surface area contributed by atoms with Gasteiger partial charge in [-0.1, -0.05) is 0 Å². The highest BCUT2D eigenvalue weighted by molar-refractivity contribution is 7.11. The van der Waals surface area contributed by atoms with Crippen molar-refractivity contribution in [2.45, 2.75) is 32.7 Å². The van der Waals surface area contributed by atoms with Crippen LogP contribution in [0.15, 0.2) is 22.9 Å². The summed E-state index contributed by atoms with van der Waals surface area (Å²) in [7, 11) is 0. The Hall–Kier alpha value is -1.62. The number of carbonyl (C=O) groups excluding carboxylic acids is 1. The summed E-state index contributed by atoms with van der Waals surface area (Å²) in [5.74, 6) is 0.774. The van der Waals surface area contributed by atoms with Crippen molar-refractivity contribution in [1.82, 2.24) is 10.3 Å². The zero-order chi connectivity index (χ0) is 13.4. The van der Waals surface area contributed by atoms with E-state index in [1.807, 2.05) is 20.0 Å². The highest BCUT2D eigenvalue weighted by atomic mass is 32.1. The van der Waals surface area contributed by atoms with Crippen molar-refractivity contribution in [2.75, 3.05) is 0 Å². The van der Waals surface area contributed by atoms with Crippen LogP contribution in [0.2, 0.25) is 0 Å². The first-order chi connectivity index (χ1) is 9.15. The van der Waals surface area contributed by atoms with Crippen LogP contribution in [0.5, 0.6) is 0 Å². The molecule has 1 aliphatic rings. The summed E-state index contributed by atoms with van der Waals surface area (Å²) in [6.07, 6.45) is 5.71. The minimum Gasteiger partial charge on any atom is -0.459 e. The molecule has 1 saturated carbocycles. The van der Waals surface area contributed by atoms with Gasteiger partial charge in [0.25, 0.3) is 5.91 Å². The lowest BCUT2D eigenvalue weighted by atomic mass is 10.2. The molecule has 100 valence electrons. The van der Waals surface area contributed by atoms with Crippen LogP contribution in [0.1, 0.15) is 44.9 Å². The number of aryl methyl sites for hydroxylation is 2. The molecule has 0 aromatic carbocycles. The van der Waals surface area contributed by atoms with E-state index in [2.05, 4.69) is 10.3 Å². The van der Waals surface area contributed by atoms with Gasteiger partial charge in [0.05, 0.1) is 12.3 Å². The van der Waals surface area contributed by atoms with Gasteiger partial charge in [-0.3, -0.25) is 4.79 Å². The molecule has 0 bridgehead atoms. The fourth-order valence-corrected chi connectivity index (χ4v) is 3.06. The average Bonchev–Trinajstić information content (AvgIpc) is 2.99. The maximum atomic E-state index is 12.2. The molecule has 1 amide bonds. The van der Waals surface area contributed by atoms with E-state index in [-0.39, 0.29) is 11.9 Å². The molecule has 0 radical (unpaired) electrons. The fraction of sp³-hybridized carbons (Fsp3) is 0.429. The Bertz CT molecular complexity index is 598. The van der Waals surface area contributed by atoms with Crippen molar-refractivity contribution in [1.29, 1.82) is 0 Å². The van der Waals surface area contributed by atoms with Crippen molar-refractivity contribution in [3.05, 3.63) is 39.7 Å². The first-order valence-electron chi connectivity index (χ1n) is 6.42. The van der Waals surface area contributed by atoms with Crippen LogP contribution < -0.4 is 5.32 Å². The number of nitrogens with zero attached hydrogens (tertiary/aromatic N) is 1. The Morgan fingerprint density at radius 2 is 2.32 bits per heavy atom. The number of aromatic nitrogens is 1. The maximum Gasteiger partial charge on any atom is 0.287 e. The predicted octanol–water partition coefficient (Wildman–Crippen LogP) is 3.23. The Kier molecular flexibility index (Phi) is 3.14. The molecule has 0 spiro atoms. The van der Waals surface area contributed by atoms with E-state index >= 15 is 0 Å². The van der Waals surface area contributed by atoms with Crippen LogP contribution >= 0.6 is 11.3 Å². The predicted molar refractivity (Wildman–Crippen MR) is 73.2 cm³/mol. The molecule has 2 aromatic rings. The van der Waals surface area contributed by atoms with E-state index in [0.29, 0.717) is 11.7 Å². The lowest BCUT2D eigenvalue weighted by molar-refractivity contribution is 0.0902. The molecule has 0 unspecified atom stereocenters. The van der Waals surface area contributed by atoms with Gasteiger partial charge in [0.1, 0.15) is 5.01 Å². The summed E-state index contributed by atoms with van der Waals surface area (Å²) in [4.78, 5) is 17.8. The number of furan rings is 1. The zero-order valence-corrected chi connectivity index (χ0v) is 11.8. The van der Waals surface area contributed by atoms with Gasteiger partial charge in [-0.2, -0.15) is 0 Å². The third kappa shape index (κ3) is 2.56. The monoisotopic (exact) mass is 276 g/mol. The summed E-state index contributed by atoms with van der Waals surface area (Å²) in [5.41, 5.74) is 0.863. The summed E-state index contributed by atoms with van der Waals surface area (Å²) >= 11 is 1.65. The second-order valence-electron chi connectivity index (χ2n) is 5.03. The first kappa shape index (κ1) is 12.4. The third-order valence-corrected chi connectivity index (χ3v) is 4.35. The minimum absolute atomic E-state index is 0.0238. The lowest BCUT2D eigenvalue weighted by Crippen LogP contribution is -2.29. The van der Waals surface area contributed by atoms with E-state index in [4.69, 9.17) is 4.42 Å². The molecule has 1 N–H and O–H groups in total. The lowest BCUT2D eigenvalue weighted by Gasteiger charge is -2.15. The van der Waals surface area contributed by atoms with Gasteiger partial charge in [0.2, 0.25) is 0 Å². The van der Waals surface area contributed by atoms with Gasteiger partial charge < -0.3 is 9.73 Å². The topological polar surface area (TPSA) is 55.1 Å². The minimum atomic E-state index is -0.146. The van der Waals surface area contributed by atoms with Gasteiger partial charge >= 0.3 is 0 Å². The molecule has 5 heteroatoms. The molecule has 2 aromatic heterocycles. The number of thiazole rings is 1. The number of hydrogen-bond donors (Lipinski definition) is 1. The fourth-order valence-electron chi connectivity index (χ4n) is 2.14. The van der Waals surface area contributed by atoms with Gasteiger partial charge in [0, 0.05) is 16.6 Å². The molecule has 1 aliphatic carbocycles. The van der Waals surface area contributed by atoms with Crippen molar-refractivity contribution in [2.24, 2.45) is 5.92 Å². The average molecular weight is 276 g/mol. The van der Waals surface area contributed by atoms with Gasteiger partial charge in [0.15, 0.2) is 5.76 Å². The number of hydrogen-bond acceptors (Lipinski definition) is 4. The maximum absolute atomic E-state index is 12.2. The summed E-state index contributed by atoms with van der Waals surface area (Å²) < 4.78 is 5.24. The smallest absolute Gasteiger partial charge is 0.287 e. The van der Waals surface area contributed by atoms with Crippen LogP contribution in [0, 0.1) is 19.8 Å². The normalized spacial score (nSPS) is 16.3. The molecule has 3 rings (SSSR count). The van der Waals surface area contributed by atoms with Crippen LogP contribution in [0.4, 0.5) is 0 Å². The second kappa shape index (κ2) is 4.81. The second-order valence-corrected chi connectivity index (χ2v) is 6.30. The Morgan fingerprint density at radius 3 is 2.84 bits per heavy atom.